The van der Waals surface area contributed by atoms with Crippen molar-refractivity contribution in [2.45, 2.75) is 43.9 Å². The molecule has 1 fully saturated rings. The maximum atomic E-state index is 13.8. The average molecular weight is 454 g/mol. The minimum Gasteiger partial charge on any atom is -0.396 e. The third-order valence-electron chi connectivity index (χ3n) is 5.74. The summed E-state index contributed by atoms with van der Waals surface area (Å²) >= 11 is 0. The molecule has 6 nitrogen and oxygen atoms in total. The van der Waals surface area contributed by atoms with Crippen LogP contribution in [0.2, 0.25) is 0 Å². The van der Waals surface area contributed by atoms with Gasteiger partial charge in [-0.2, -0.15) is 0 Å². The van der Waals surface area contributed by atoms with E-state index in [4.69, 9.17) is 14.2 Å². The van der Waals surface area contributed by atoms with Gasteiger partial charge in [0.1, 0.15) is 18.0 Å². The van der Waals surface area contributed by atoms with Gasteiger partial charge >= 0.3 is 0 Å². The van der Waals surface area contributed by atoms with Crippen molar-refractivity contribution in [1.82, 2.24) is 4.98 Å². The minimum absolute atomic E-state index is 0.156. The van der Waals surface area contributed by atoms with Gasteiger partial charge in [-0.15, -0.1) is 0 Å². The normalized spacial score (nSPS) is 21.6. The molecule has 4 rings (SSSR count). The van der Waals surface area contributed by atoms with Gasteiger partial charge < -0.3 is 24.3 Å². The van der Waals surface area contributed by atoms with Gasteiger partial charge in [-0.3, -0.25) is 4.79 Å². The lowest BCUT2D eigenvalue weighted by Crippen LogP contribution is -2.50. The van der Waals surface area contributed by atoms with Crippen LogP contribution in [0.4, 0.5) is 4.39 Å². The first-order chi connectivity index (χ1) is 16.1. The number of rotatable bonds is 9. The van der Waals surface area contributed by atoms with Crippen molar-refractivity contribution in [1.29, 1.82) is 0 Å². The summed E-state index contributed by atoms with van der Waals surface area (Å²) < 4.78 is 32.9. The molecule has 1 aliphatic rings. The summed E-state index contributed by atoms with van der Waals surface area (Å²) in [5.41, 5.74) is 1.97. The molecule has 2 aromatic carbocycles. The van der Waals surface area contributed by atoms with Crippen LogP contribution in [0.1, 0.15) is 42.2 Å². The van der Waals surface area contributed by atoms with Crippen molar-refractivity contribution >= 4 is 0 Å². The van der Waals surface area contributed by atoms with Gasteiger partial charge in [0.2, 0.25) is 5.79 Å². The first-order valence-electron chi connectivity index (χ1n) is 11.1. The predicted octanol–water partition coefficient (Wildman–Crippen LogP) is 4.20. The van der Waals surface area contributed by atoms with E-state index in [1.165, 1.54) is 24.3 Å². The fourth-order valence-corrected chi connectivity index (χ4v) is 4.12. The first kappa shape index (κ1) is 23.3. The standard InChI is InChI=1S/C26H28FNO5/c27-21-10-8-20(9-11-21)26(33-24(13-15-29)23-17-22(30)12-14-28-23)25(7-4-16-32-26)31-18-19-5-2-1-3-6-19/h1-3,5-6,8-12,14,17,24-25,29H,4,7,13,15-16,18H2,(H,28,30). The molecule has 1 aromatic heterocycles. The highest BCUT2D eigenvalue weighted by Gasteiger charge is 2.48. The molecule has 1 aliphatic heterocycles. The molecule has 33 heavy (non-hydrogen) atoms. The summed E-state index contributed by atoms with van der Waals surface area (Å²) in [6.07, 6.45) is 2.06. The maximum absolute atomic E-state index is 13.8. The number of aromatic amines is 1. The van der Waals surface area contributed by atoms with E-state index in [9.17, 15) is 14.3 Å². The number of nitrogens with one attached hydrogen (secondary N) is 1. The average Bonchev–Trinajstić information content (AvgIpc) is 2.84. The molecule has 1 saturated heterocycles. The van der Waals surface area contributed by atoms with Gasteiger partial charge in [-0.25, -0.2) is 4.39 Å². The summed E-state index contributed by atoms with van der Waals surface area (Å²) in [4.78, 5) is 15.0. The Morgan fingerprint density at radius 1 is 1.15 bits per heavy atom. The Hall–Kier alpha value is -2.84. The molecule has 174 valence electrons. The van der Waals surface area contributed by atoms with E-state index >= 15 is 0 Å². The van der Waals surface area contributed by atoms with Gasteiger partial charge in [0.15, 0.2) is 5.43 Å². The van der Waals surface area contributed by atoms with E-state index in [0.29, 0.717) is 30.9 Å². The number of hydrogen-bond acceptors (Lipinski definition) is 5. The number of hydrogen-bond donors (Lipinski definition) is 2. The number of benzene rings is 2. The summed E-state index contributed by atoms with van der Waals surface area (Å²) in [5, 5.41) is 9.71. The van der Waals surface area contributed by atoms with Crippen LogP contribution in [0.25, 0.3) is 0 Å². The van der Waals surface area contributed by atoms with Gasteiger partial charge in [-0.05, 0) is 30.5 Å². The molecule has 2 N–H and O–H groups in total. The number of halogens is 1. The van der Waals surface area contributed by atoms with Crippen molar-refractivity contribution < 1.29 is 23.7 Å². The highest BCUT2D eigenvalue weighted by atomic mass is 19.1. The van der Waals surface area contributed by atoms with E-state index in [1.54, 1.807) is 18.3 Å². The number of ether oxygens (including phenoxy) is 3. The highest BCUT2D eigenvalue weighted by molar-refractivity contribution is 5.24. The fourth-order valence-electron chi connectivity index (χ4n) is 4.12. The Bertz CT molecular complexity index is 1070. The van der Waals surface area contributed by atoms with E-state index in [2.05, 4.69) is 4.98 Å². The monoisotopic (exact) mass is 453 g/mol. The molecule has 3 atom stereocenters. The van der Waals surface area contributed by atoms with E-state index < -0.39 is 18.0 Å². The third-order valence-corrected chi connectivity index (χ3v) is 5.74. The zero-order valence-electron chi connectivity index (χ0n) is 18.3. The van der Waals surface area contributed by atoms with Crippen LogP contribution in [0.3, 0.4) is 0 Å². The number of H-pyrrole nitrogens is 1. The zero-order valence-corrected chi connectivity index (χ0v) is 18.3. The minimum atomic E-state index is -1.34. The number of aliphatic hydroxyl groups excluding tert-OH is 1. The molecule has 7 heteroatoms. The second kappa shape index (κ2) is 10.9. The molecule has 3 aromatic rings. The van der Waals surface area contributed by atoms with Gasteiger partial charge in [0.05, 0.1) is 13.2 Å². The molecule has 0 aliphatic carbocycles. The van der Waals surface area contributed by atoms with Crippen LogP contribution in [0, 0.1) is 5.82 Å². The number of aliphatic hydroxyl groups is 1. The van der Waals surface area contributed by atoms with Crippen LogP contribution in [-0.2, 0) is 26.6 Å². The van der Waals surface area contributed by atoms with E-state index in [1.807, 2.05) is 30.3 Å². The lowest BCUT2D eigenvalue weighted by Gasteiger charge is -2.45. The maximum Gasteiger partial charge on any atom is 0.222 e. The van der Waals surface area contributed by atoms with E-state index in [0.717, 1.165) is 12.0 Å². The van der Waals surface area contributed by atoms with Crippen molar-refractivity contribution in [2.24, 2.45) is 0 Å². The highest BCUT2D eigenvalue weighted by Crippen LogP contribution is 2.43. The molecule has 3 unspecified atom stereocenters. The van der Waals surface area contributed by atoms with Crippen LogP contribution in [-0.4, -0.2) is 29.4 Å². The van der Waals surface area contributed by atoms with Crippen molar-refractivity contribution in [3.63, 3.8) is 0 Å². The molecule has 0 saturated carbocycles. The van der Waals surface area contributed by atoms with Crippen molar-refractivity contribution in [2.75, 3.05) is 13.2 Å². The van der Waals surface area contributed by atoms with Gasteiger partial charge in [0.25, 0.3) is 0 Å². The lowest BCUT2D eigenvalue weighted by atomic mass is 9.93. The Kier molecular flexibility index (Phi) is 7.67. The van der Waals surface area contributed by atoms with E-state index in [-0.39, 0.29) is 24.3 Å². The van der Waals surface area contributed by atoms with Crippen molar-refractivity contribution in [3.8, 4) is 0 Å². The van der Waals surface area contributed by atoms with Gasteiger partial charge in [0, 0.05) is 42.6 Å². The molecule has 0 bridgehead atoms. The first-order valence-corrected chi connectivity index (χ1v) is 11.1. The molecular formula is C26H28FNO5. The molecule has 0 radical (unpaired) electrons. The van der Waals surface area contributed by atoms with Gasteiger partial charge in [-0.1, -0.05) is 42.5 Å². The third kappa shape index (κ3) is 5.57. The quantitative estimate of drug-likeness (QED) is 0.508. The van der Waals surface area contributed by atoms with Crippen molar-refractivity contribution in [3.05, 3.63) is 106 Å². The Morgan fingerprint density at radius 2 is 1.94 bits per heavy atom. The topological polar surface area (TPSA) is 80.8 Å². The number of aromatic nitrogens is 1. The summed E-state index contributed by atoms with van der Waals surface area (Å²) in [5.74, 6) is -1.71. The largest absolute Gasteiger partial charge is 0.396 e. The smallest absolute Gasteiger partial charge is 0.222 e. The Balaban J connectivity index is 1.71. The Morgan fingerprint density at radius 3 is 2.67 bits per heavy atom. The summed E-state index contributed by atoms with van der Waals surface area (Å²) in [6, 6.07) is 18.6. The molecule has 2 heterocycles. The molecule has 0 amide bonds. The predicted molar refractivity (Wildman–Crippen MR) is 121 cm³/mol. The fraction of sp³-hybridized carbons (Fsp3) is 0.346. The molecule has 0 spiro atoms. The van der Waals surface area contributed by atoms with Crippen LogP contribution in [0.15, 0.2) is 77.7 Å². The Labute approximate surface area is 192 Å². The number of pyridine rings is 1. The van der Waals surface area contributed by atoms with Crippen LogP contribution in [0.5, 0.6) is 0 Å². The second-order valence-electron chi connectivity index (χ2n) is 8.05. The summed E-state index contributed by atoms with van der Waals surface area (Å²) in [6.45, 7) is 0.629. The SMILES string of the molecule is O=c1cc[nH]c(C(CCO)OC2(c3ccc(F)cc3)OCCCC2OCc2ccccc2)c1. The van der Waals surface area contributed by atoms with Crippen LogP contribution >= 0.6 is 0 Å². The zero-order chi connectivity index (χ0) is 23.1. The lowest BCUT2D eigenvalue weighted by molar-refractivity contribution is -0.339. The second-order valence-corrected chi connectivity index (χ2v) is 8.05. The summed E-state index contributed by atoms with van der Waals surface area (Å²) in [7, 11) is 0. The molecular weight excluding hydrogens is 425 g/mol. The van der Waals surface area contributed by atoms with Crippen LogP contribution < -0.4 is 5.43 Å².